The number of hydrogen-bond acceptors (Lipinski definition) is 5. The Morgan fingerprint density at radius 3 is 2.61 bits per heavy atom. The number of thiazole rings is 1. The smallest absolute Gasteiger partial charge is 0.341 e. The van der Waals surface area contributed by atoms with Gasteiger partial charge in [-0.3, -0.25) is 4.79 Å². The molecule has 7 heteroatoms. The second kappa shape index (κ2) is 9.40. The first-order valence-corrected chi connectivity index (χ1v) is 10.5. The minimum Gasteiger partial charge on any atom is -0.482 e. The minimum atomic E-state index is -1.04. The zero-order chi connectivity index (χ0) is 21.6. The number of benzene rings is 3. The van der Waals surface area contributed by atoms with Crippen molar-refractivity contribution in [2.45, 2.75) is 13.0 Å². The van der Waals surface area contributed by atoms with Gasteiger partial charge >= 0.3 is 5.97 Å². The zero-order valence-corrected chi connectivity index (χ0v) is 17.4. The Bertz CT molecular complexity index is 1220. The summed E-state index contributed by atoms with van der Waals surface area (Å²) in [6.45, 7) is -0.0778. The van der Waals surface area contributed by atoms with Crippen LogP contribution >= 0.6 is 11.3 Å². The van der Waals surface area contributed by atoms with E-state index in [2.05, 4.69) is 28.5 Å². The predicted molar refractivity (Wildman–Crippen MR) is 120 cm³/mol. The monoisotopic (exact) mass is 432 g/mol. The highest BCUT2D eigenvalue weighted by molar-refractivity contribution is 7.18. The summed E-state index contributed by atoms with van der Waals surface area (Å²) in [6, 6.07) is 23.3. The summed E-state index contributed by atoms with van der Waals surface area (Å²) < 4.78 is 6.21. The highest BCUT2D eigenvalue weighted by atomic mass is 32.1. The lowest BCUT2D eigenvalue weighted by Crippen LogP contribution is -2.24. The lowest BCUT2D eigenvalue weighted by Gasteiger charge is -2.07. The van der Waals surface area contributed by atoms with Crippen LogP contribution in [0.5, 0.6) is 5.75 Å². The second-order valence-corrected chi connectivity index (χ2v) is 8.05. The van der Waals surface area contributed by atoms with E-state index in [1.54, 1.807) is 18.2 Å². The molecule has 0 aliphatic carbocycles. The molecule has 0 saturated heterocycles. The molecular formula is C24H20N2O4S. The van der Waals surface area contributed by atoms with Gasteiger partial charge in [0.05, 0.1) is 16.6 Å². The number of fused-ring (bicyclic) bond motifs is 1. The molecule has 0 radical (unpaired) electrons. The fourth-order valence-electron chi connectivity index (χ4n) is 3.15. The minimum absolute atomic E-state index is 0.126. The maximum atomic E-state index is 12.4. The Kier molecular flexibility index (Phi) is 6.24. The molecule has 0 spiro atoms. The van der Waals surface area contributed by atoms with Crippen LogP contribution in [0.1, 0.15) is 10.6 Å². The molecule has 1 amide bonds. The van der Waals surface area contributed by atoms with Crippen molar-refractivity contribution in [3.05, 3.63) is 83.4 Å². The van der Waals surface area contributed by atoms with Crippen molar-refractivity contribution < 1.29 is 19.4 Å². The molecule has 3 aromatic carbocycles. The Hall–Kier alpha value is -3.71. The van der Waals surface area contributed by atoms with Crippen LogP contribution < -0.4 is 10.1 Å². The number of amides is 1. The molecule has 0 saturated carbocycles. The van der Waals surface area contributed by atoms with Gasteiger partial charge in [0.15, 0.2) is 6.61 Å². The Morgan fingerprint density at radius 2 is 1.81 bits per heavy atom. The van der Waals surface area contributed by atoms with Crippen molar-refractivity contribution in [3.8, 4) is 16.9 Å². The molecule has 0 fully saturated rings. The molecule has 1 aromatic heterocycles. The number of carbonyl (C=O) groups excluding carboxylic acids is 1. The van der Waals surface area contributed by atoms with E-state index < -0.39 is 12.6 Å². The van der Waals surface area contributed by atoms with Crippen molar-refractivity contribution in [2.75, 3.05) is 6.61 Å². The molecule has 2 N–H and O–H groups in total. The van der Waals surface area contributed by atoms with Gasteiger partial charge < -0.3 is 15.2 Å². The Labute approximate surface area is 183 Å². The molecule has 156 valence electrons. The number of hydrogen-bond donors (Lipinski definition) is 2. The van der Waals surface area contributed by atoms with Gasteiger partial charge in [-0.05, 0) is 41.0 Å². The quantitative estimate of drug-likeness (QED) is 0.434. The summed E-state index contributed by atoms with van der Waals surface area (Å²) in [5.74, 6) is -0.709. The SMILES string of the molecule is O=C(O)COc1cccc(CNC(=O)Cc2nc3ccc(-c4ccccc4)cc3s2)c1. The lowest BCUT2D eigenvalue weighted by molar-refractivity contribution is -0.139. The van der Waals surface area contributed by atoms with E-state index in [1.165, 1.54) is 11.3 Å². The van der Waals surface area contributed by atoms with Gasteiger partial charge in [-0.15, -0.1) is 11.3 Å². The van der Waals surface area contributed by atoms with Crippen LogP contribution in [0.25, 0.3) is 21.3 Å². The standard InChI is InChI=1S/C24H20N2O4S/c27-22(25-14-16-5-4-8-19(11-16)30-15-24(28)29)13-23-26-20-10-9-18(12-21(20)31-23)17-6-2-1-3-7-17/h1-12H,13-15H2,(H,25,27)(H,28,29). The summed E-state index contributed by atoms with van der Waals surface area (Å²) in [5.41, 5.74) is 3.98. The van der Waals surface area contributed by atoms with E-state index in [0.717, 1.165) is 31.9 Å². The van der Waals surface area contributed by atoms with Crippen molar-refractivity contribution in [1.29, 1.82) is 0 Å². The van der Waals surface area contributed by atoms with E-state index in [1.807, 2.05) is 36.4 Å². The number of aromatic nitrogens is 1. The lowest BCUT2D eigenvalue weighted by atomic mass is 10.1. The van der Waals surface area contributed by atoms with E-state index >= 15 is 0 Å². The fourth-order valence-corrected chi connectivity index (χ4v) is 4.15. The van der Waals surface area contributed by atoms with Crippen LogP contribution in [0.4, 0.5) is 0 Å². The van der Waals surface area contributed by atoms with E-state index in [-0.39, 0.29) is 12.3 Å². The summed E-state index contributed by atoms with van der Waals surface area (Å²) in [6.07, 6.45) is 0.204. The number of nitrogens with zero attached hydrogens (tertiary/aromatic N) is 1. The fraction of sp³-hybridized carbons (Fsp3) is 0.125. The number of carboxylic acids is 1. The Morgan fingerprint density at radius 1 is 0.968 bits per heavy atom. The summed E-state index contributed by atoms with van der Waals surface area (Å²) in [4.78, 5) is 27.6. The van der Waals surface area contributed by atoms with Gasteiger partial charge in [0.2, 0.25) is 5.91 Å². The topological polar surface area (TPSA) is 88.5 Å². The Balaban J connectivity index is 1.37. The molecule has 0 atom stereocenters. The molecule has 6 nitrogen and oxygen atoms in total. The normalized spacial score (nSPS) is 10.7. The maximum Gasteiger partial charge on any atom is 0.341 e. The number of carbonyl (C=O) groups is 2. The van der Waals surface area contributed by atoms with Crippen LogP contribution in [0, 0.1) is 0 Å². The zero-order valence-electron chi connectivity index (χ0n) is 16.6. The van der Waals surface area contributed by atoms with Gasteiger partial charge in [0, 0.05) is 6.54 Å². The summed E-state index contributed by atoms with van der Waals surface area (Å²) in [5, 5.41) is 12.3. The summed E-state index contributed by atoms with van der Waals surface area (Å²) >= 11 is 1.52. The third kappa shape index (κ3) is 5.46. The average molecular weight is 433 g/mol. The van der Waals surface area contributed by atoms with Crippen LogP contribution in [-0.2, 0) is 22.6 Å². The van der Waals surface area contributed by atoms with E-state index in [0.29, 0.717) is 12.3 Å². The molecule has 0 aliphatic rings. The molecule has 0 bridgehead atoms. The highest BCUT2D eigenvalue weighted by Crippen LogP contribution is 2.28. The van der Waals surface area contributed by atoms with Crippen LogP contribution in [0.3, 0.4) is 0 Å². The van der Waals surface area contributed by atoms with Gasteiger partial charge in [0.1, 0.15) is 10.8 Å². The van der Waals surface area contributed by atoms with Gasteiger partial charge in [-0.2, -0.15) is 0 Å². The average Bonchev–Trinajstić information content (AvgIpc) is 3.18. The van der Waals surface area contributed by atoms with Crippen molar-refractivity contribution >= 4 is 33.4 Å². The highest BCUT2D eigenvalue weighted by Gasteiger charge is 2.10. The van der Waals surface area contributed by atoms with E-state index in [9.17, 15) is 9.59 Å². The number of carboxylic acid groups (broad SMARTS) is 1. The number of ether oxygens (including phenoxy) is 1. The van der Waals surface area contributed by atoms with Gasteiger partial charge in [0.25, 0.3) is 0 Å². The van der Waals surface area contributed by atoms with Crippen LogP contribution in [0.15, 0.2) is 72.8 Å². The summed E-state index contributed by atoms with van der Waals surface area (Å²) in [7, 11) is 0. The largest absolute Gasteiger partial charge is 0.482 e. The number of nitrogens with one attached hydrogen (secondary N) is 1. The maximum absolute atomic E-state index is 12.4. The molecular weight excluding hydrogens is 412 g/mol. The molecule has 4 aromatic rings. The first-order valence-electron chi connectivity index (χ1n) is 9.72. The third-order valence-corrected chi connectivity index (χ3v) is 5.62. The van der Waals surface area contributed by atoms with Crippen molar-refractivity contribution in [1.82, 2.24) is 10.3 Å². The van der Waals surface area contributed by atoms with Crippen LogP contribution in [0.2, 0.25) is 0 Å². The molecule has 4 rings (SSSR count). The van der Waals surface area contributed by atoms with Crippen molar-refractivity contribution in [3.63, 3.8) is 0 Å². The van der Waals surface area contributed by atoms with Crippen molar-refractivity contribution in [2.24, 2.45) is 0 Å². The first kappa shape index (κ1) is 20.6. The predicted octanol–water partition coefficient (Wildman–Crippen LogP) is 4.29. The molecule has 0 unspecified atom stereocenters. The van der Waals surface area contributed by atoms with Crippen LogP contribution in [-0.4, -0.2) is 28.6 Å². The molecule has 0 aliphatic heterocycles. The third-order valence-electron chi connectivity index (χ3n) is 4.60. The number of aliphatic carboxylic acids is 1. The van der Waals surface area contributed by atoms with Gasteiger partial charge in [-0.25, -0.2) is 9.78 Å². The van der Waals surface area contributed by atoms with E-state index in [4.69, 9.17) is 9.84 Å². The molecule has 31 heavy (non-hydrogen) atoms. The second-order valence-electron chi connectivity index (χ2n) is 6.94. The number of rotatable bonds is 8. The first-order chi connectivity index (χ1) is 15.1. The van der Waals surface area contributed by atoms with Gasteiger partial charge in [-0.1, -0.05) is 48.5 Å². The molecule has 1 heterocycles.